The second kappa shape index (κ2) is 4.57. The molecule has 1 aromatic rings. The lowest BCUT2D eigenvalue weighted by Gasteiger charge is -2.04. The van der Waals surface area contributed by atoms with Gasteiger partial charge in [-0.1, -0.05) is 43.7 Å². The molecule has 11 heavy (non-hydrogen) atoms. The van der Waals surface area contributed by atoms with Crippen molar-refractivity contribution >= 4 is 24.4 Å². The van der Waals surface area contributed by atoms with E-state index in [1.807, 2.05) is 6.07 Å². The molecule has 0 N–H and O–H groups in total. The smallest absolute Gasteiger partial charge is 0.166 e. The summed E-state index contributed by atoms with van der Waals surface area (Å²) in [5.74, 6) is 0. The Bertz CT molecular complexity index is 198. The second-order valence-electron chi connectivity index (χ2n) is 2.67. The van der Waals surface area contributed by atoms with E-state index >= 15 is 0 Å². The van der Waals surface area contributed by atoms with Crippen LogP contribution in [0.3, 0.4) is 0 Å². The van der Waals surface area contributed by atoms with Gasteiger partial charge < -0.3 is 0 Å². The minimum absolute atomic E-state index is 1.09. The molecule has 0 fully saturated rings. The van der Waals surface area contributed by atoms with Crippen LogP contribution in [-0.4, -0.2) is 8.11 Å². The molecular formula is C9H13ClSi. The van der Waals surface area contributed by atoms with E-state index in [-0.39, 0.29) is 0 Å². The first-order valence-corrected chi connectivity index (χ1v) is 7.17. The predicted molar refractivity (Wildman–Crippen MR) is 54.2 cm³/mol. The summed E-state index contributed by atoms with van der Waals surface area (Å²) < 4.78 is 0. The van der Waals surface area contributed by atoms with E-state index in [1.54, 1.807) is 0 Å². The number of hydrogen-bond acceptors (Lipinski definition) is 0. The lowest BCUT2D eigenvalue weighted by atomic mass is 10.4. The van der Waals surface area contributed by atoms with Crippen molar-refractivity contribution in [2.24, 2.45) is 0 Å². The zero-order valence-corrected chi connectivity index (χ0v) is 8.67. The van der Waals surface area contributed by atoms with Crippen LogP contribution in [0.5, 0.6) is 0 Å². The van der Waals surface area contributed by atoms with Crippen molar-refractivity contribution in [2.45, 2.75) is 19.4 Å². The summed E-state index contributed by atoms with van der Waals surface area (Å²) in [6, 6.07) is 11.6. The highest BCUT2D eigenvalue weighted by atomic mass is 35.6. The molecule has 60 valence electrons. The fourth-order valence-electron chi connectivity index (χ4n) is 1.08. The summed E-state index contributed by atoms with van der Waals surface area (Å²) in [7, 11) is -1.09. The Hall–Kier alpha value is -0.273. The van der Waals surface area contributed by atoms with Gasteiger partial charge in [0.2, 0.25) is 0 Å². The van der Waals surface area contributed by atoms with E-state index < -0.39 is 8.11 Å². The van der Waals surface area contributed by atoms with Crippen molar-refractivity contribution in [3.8, 4) is 0 Å². The van der Waals surface area contributed by atoms with Crippen LogP contribution >= 0.6 is 11.1 Å². The SMILES string of the molecule is CCC[SiH](Cl)c1ccccc1. The third kappa shape index (κ3) is 2.68. The number of hydrogen-bond donors (Lipinski definition) is 0. The number of benzene rings is 1. The first kappa shape index (κ1) is 8.82. The van der Waals surface area contributed by atoms with Crippen molar-refractivity contribution in [3.05, 3.63) is 30.3 Å². The first-order valence-electron chi connectivity index (χ1n) is 4.03. The maximum atomic E-state index is 6.25. The Morgan fingerprint density at radius 3 is 2.45 bits per heavy atom. The number of rotatable bonds is 3. The van der Waals surface area contributed by atoms with Crippen LogP contribution in [-0.2, 0) is 0 Å². The molecular weight excluding hydrogens is 172 g/mol. The highest BCUT2D eigenvalue weighted by Crippen LogP contribution is 2.01. The van der Waals surface area contributed by atoms with Crippen molar-refractivity contribution < 1.29 is 0 Å². The molecule has 0 aliphatic carbocycles. The van der Waals surface area contributed by atoms with Crippen molar-refractivity contribution in [1.29, 1.82) is 0 Å². The van der Waals surface area contributed by atoms with E-state index in [0.29, 0.717) is 0 Å². The Kier molecular flexibility index (Phi) is 3.67. The summed E-state index contributed by atoms with van der Waals surface area (Å²) in [6.45, 7) is 2.19. The minimum atomic E-state index is -1.09. The summed E-state index contributed by atoms with van der Waals surface area (Å²) in [6.07, 6.45) is 1.20. The van der Waals surface area contributed by atoms with Gasteiger partial charge in [0.15, 0.2) is 8.11 Å². The average Bonchev–Trinajstić information content (AvgIpc) is 2.07. The van der Waals surface area contributed by atoms with Gasteiger partial charge in [0.05, 0.1) is 0 Å². The fraction of sp³-hybridized carbons (Fsp3) is 0.333. The van der Waals surface area contributed by atoms with Gasteiger partial charge in [-0.05, 0) is 11.2 Å². The van der Waals surface area contributed by atoms with Gasteiger partial charge in [-0.3, -0.25) is 0 Å². The highest BCUT2D eigenvalue weighted by molar-refractivity contribution is 7.14. The van der Waals surface area contributed by atoms with Crippen LogP contribution in [0.4, 0.5) is 0 Å². The van der Waals surface area contributed by atoms with E-state index in [1.165, 1.54) is 17.7 Å². The third-order valence-electron chi connectivity index (χ3n) is 1.70. The predicted octanol–water partition coefficient (Wildman–Crippen LogP) is 2.27. The summed E-state index contributed by atoms with van der Waals surface area (Å²) >= 11 is 6.25. The maximum Gasteiger partial charge on any atom is 0.171 e. The van der Waals surface area contributed by atoms with E-state index in [2.05, 4.69) is 31.2 Å². The van der Waals surface area contributed by atoms with Crippen LogP contribution in [0.2, 0.25) is 6.04 Å². The normalized spacial score (nSPS) is 12.9. The van der Waals surface area contributed by atoms with Gasteiger partial charge in [0, 0.05) is 0 Å². The molecule has 0 saturated carbocycles. The summed E-state index contributed by atoms with van der Waals surface area (Å²) in [5, 5.41) is 1.37. The van der Waals surface area contributed by atoms with Gasteiger partial charge in [-0.2, -0.15) is 11.1 Å². The summed E-state index contributed by atoms with van der Waals surface area (Å²) in [4.78, 5) is 0. The zero-order valence-electron chi connectivity index (χ0n) is 6.76. The molecule has 0 nitrogen and oxygen atoms in total. The molecule has 0 heterocycles. The topological polar surface area (TPSA) is 0 Å². The zero-order chi connectivity index (χ0) is 8.10. The highest BCUT2D eigenvalue weighted by Gasteiger charge is 2.06. The van der Waals surface area contributed by atoms with Gasteiger partial charge >= 0.3 is 0 Å². The standard InChI is InChI=1S/C9H13ClSi/c1-2-8-11(10)9-6-4-3-5-7-9/h3-7,11H,2,8H2,1H3. The van der Waals surface area contributed by atoms with Gasteiger partial charge in [0.1, 0.15) is 0 Å². The largest absolute Gasteiger partial charge is 0.171 e. The first-order chi connectivity index (χ1) is 5.34. The third-order valence-corrected chi connectivity index (χ3v) is 5.31. The molecule has 2 heteroatoms. The summed E-state index contributed by atoms with van der Waals surface area (Å²) in [5.41, 5.74) is 0. The van der Waals surface area contributed by atoms with Gasteiger partial charge in [0.25, 0.3) is 0 Å². The maximum absolute atomic E-state index is 6.25. The molecule has 0 saturated heterocycles. The Morgan fingerprint density at radius 2 is 1.91 bits per heavy atom. The van der Waals surface area contributed by atoms with Crippen LogP contribution in [0, 0.1) is 0 Å². The van der Waals surface area contributed by atoms with Gasteiger partial charge in [-0.15, -0.1) is 0 Å². The molecule has 0 radical (unpaired) electrons. The van der Waals surface area contributed by atoms with Crippen molar-refractivity contribution in [3.63, 3.8) is 0 Å². The van der Waals surface area contributed by atoms with Crippen molar-refractivity contribution in [2.75, 3.05) is 0 Å². The molecule has 0 aliphatic heterocycles. The molecule has 0 aromatic heterocycles. The Balaban J connectivity index is 2.61. The molecule has 1 rings (SSSR count). The second-order valence-corrected chi connectivity index (χ2v) is 6.43. The molecule has 1 atom stereocenters. The monoisotopic (exact) mass is 184 g/mol. The molecule has 0 bridgehead atoms. The molecule has 0 amide bonds. The quantitative estimate of drug-likeness (QED) is 0.500. The van der Waals surface area contributed by atoms with Crippen LogP contribution in [0.1, 0.15) is 13.3 Å². The average molecular weight is 185 g/mol. The Morgan fingerprint density at radius 1 is 1.27 bits per heavy atom. The lowest BCUT2D eigenvalue weighted by molar-refractivity contribution is 1.07. The Labute approximate surface area is 74.5 Å². The molecule has 0 spiro atoms. The fourth-order valence-corrected chi connectivity index (χ4v) is 3.65. The van der Waals surface area contributed by atoms with Crippen molar-refractivity contribution in [1.82, 2.24) is 0 Å². The van der Waals surface area contributed by atoms with E-state index in [4.69, 9.17) is 11.1 Å². The molecule has 0 aliphatic rings. The minimum Gasteiger partial charge on any atom is -0.166 e. The molecule has 1 aromatic carbocycles. The molecule has 1 unspecified atom stereocenters. The van der Waals surface area contributed by atoms with Gasteiger partial charge in [-0.25, -0.2) is 0 Å². The van der Waals surface area contributed by atoms with E-state index in [0.717, 1.165) is 0 Å². The van der Waals surface area contributed by atoms with Crippen LogP contribution in [0.25, 0.3) is 0 Å². The van der Waals surface area contributed by atoms with E-state index in [9.17, 15) is 0 Å². The van der Waals surface area contributed by atoms with Crippen LogP contribution < -0.4 is 5.19 Å². The number of halogens is 1. The van der Waals surface area contributed by atoms with Crippen LogP contribution in [0.15, 0.2) is 30.3 Å². The lowest BCUT2D eigenvalue weighted by Crippen LogP contribution is -2.22.